The summed E-state index contributed by atoms with van der Waals surface area (Å²) in [5.74, 6) is -2.18. The van der Waals surface area contributed by atoms with Gasteiger partial charge in [0.25, 0.3) is 5.69 Å². The molecule has 114 valence electrons. The average Bonchev–Trinajstić information content (AvgIpc) is 2.41. The van der Waals surface area contributed by atoms with Crippen molar-refractivity contribution in [1.82, 2.24) is 0 Å². The lowest BCUT2D eigenvalue weighted by molar-refractivity contribution is -0.384. The standard InChI is InChI=1S/C13H14ClFN2O4/c1-7-4-8(13(18)19)2-3-16(7)11-5-9(14)10(15)6-12(11)17(20)21/h5-8H,2-4H2,1H3,(H,18,19). The third-order valence-corrected chi connectivity index (χ3v) is 4.04. The van der Waals surface area contributed by atoms with E-state index in [9.17, 15) is 19.3 Å². The Labute approximate surface area is 125 Å². The predicted octanol–water partition coefficient (Wildman–Crippen LogP) is 3.08. The first-order chi connectivity index (χ1) is 9.81. The lowest BCUT2D eigenvalue weighted by Crippen LogP contribution is -2.43. The Morgan fingerprint density at radius 1 is 1.57 bits per heavy atom. The fourth-order valence-electron chi connectivity index (χ4n) is 2.66. The molecule has 0 bridgehead atoms. The van der Waals surface area contributed by atoms with Crippen LogP contribution in [-0.4, -0.2) is 28.6 Å². The van der Waals surface area contributed by atoms with Crippen LogP contribution in [0, 0.1) is 21.8 Å². The van der Waals surface area contributed by atoms with Crippen molar-refractivity contribution < 1.29 is 19.2 Å². The van der Waals surface area contributed by atoms with Crippen LogP contribution in [0.5, 0.6) is 0 Å². The Morgan fingerprint density at radius 3 is 2.76 bits per heavy atom. The normalized spacial score (nSPS) is 22.1. The maximum absolute atomic E-state index is 13.4. The zero-order valence-electron chi connectivity index (χ0n) is 11.3. The number of anilines is 1. The largest absolute Gasteiger partial charge is 0.481 e. The number of nitrogens with zero attached hydrogens (tertiary/aromatic N) is 2. The first kappa shape index (κ1) is 15.5. The molecule has 1 fully saturated rings. The molecule has 0 aromatic heterocycles. The highest BCUT2D eigenvalue weighted by Crippen LogP contribution is 2.37. The predicted molar refractivity (Wildman–Crippen MR) is 75.2 cm³/mol. The van der Waals surface area contributed by atoms with E-state index in [1.54, 1.807) is 11.8 Å². The van der Waals surface area contributed by atoms with Gasteiger partial charge in [-0.15, -0.1) is 0 Å². The number of aliphatic carboxylic acids is 1. The second kappa shape index (κ2) is 5.85. The number of nitro benzene ring substituents is 1. The van der Waals surface area contributed by atoms with E-state index in [4.69, 9.17) is 16.7 Å². The van der Waals surface area contributed by atoms with E-state index in [0.717, 1.165) is 6.07 Å². The van der Waals surface area contributed by atoms with Crippen molar-refractivity contribution in [1.29, 1.82) is 0 Å². The van der Waals surface area contributed by atoms with Gasteiger partial charge in [0, 0.05) is 12.6 Å². The van der Waals surface area contributed by atoms with E-state index in [2.05, 4.69) is 0 Å². The highest BCUT2D eigenvalue weighted by atomic mass is 35.5. The number of piperidine rings is 1. The van der Waals surface area contributed by atoms with Crippen molar-refractivity contribution in [2.45, 2.75) is 25.8 Å². The molecule has 0 aliphatic carbocycles. The van der Waals surface area contributed by atoms with Crippen molar-refractivity contribution in [2.75, 3.05) is 11.4 Å². The van der Waals surface area contributed by atoms with Crippen LogP contribution in [0.4, 0.5) is 15.8 Å². The first-order valence-electron chi connectivity index (χ1n) is 6.44. The third kappa shape index (κ3) is 3.07. The average molecular weight is 317 g/mol. The Hall–Kier alpha value is -1.89. The number of benzene rings is 1. The maximum Gasteiger partial charge on any atom is 0.306 e. The van der Waals surface area contributed by atoms with E-state index in [0.29, 0.717) is 19.4 Å². The number of carboxylic acids is 1. The van der Waals surface area contributed by atoms with Crippen LogP contribution in [0.25, 0.3) is 0 Å². The Kier molecular flexibility index (Phi) is 4.32. The number of halogens is 2. The van der Waals surface area contributed by atoms with E-state index >= 15 is 0 Å². The molecule has 8 heteroatoms. The van der Waals surface area contributed by atoms with E-state index in [1.807, 2.05) is 0 Å². The summed E-state index contributed by atoms with van der Waals surface area (Å²) in [6.45, 7) is 2.14. The summed E-state index contributed by atoms with van der Waals surface area (Å²) >= 11 is 5.72. The Balaban J connectivity index is 2.36. The summed E-state index contributed by atoms with van der Waals surface area (Å²) < 4.78 is 13.4. The molecule has 2 rings (SSSR count). The molecule has 0 spiro atoms. The smallest absolute Gasteiger partial charge is 0.306 e. The number of rotatable bonds is 3. The van der Waals surface area contributed by atoms with Crippen LogP contribution in [0.3, 0.4) is 0 Å². The zero-order valence-corrected chi connectivity index (χ0v) is 12.0. The molecule has 1 aliphatic heterocycles. The minimum absolute atomic E-state index is 0.192. The number of carboxylic acid groups (broad SMARTS) is 1. The van der Waals surface area contributed by atoms with Crippen LogP contribution in [0.15, 0.2) is 12.1 Å². The molecule has 6 nitrogen and oxygen atoms in total. The van der Waals surface area contributed by atoms with Gasteiger partial charge in [0.05, 0.1) is 21.9 Å². The first-order valence-corrected chi connectivity index (χ1v) is 6.82. The fraction of sp³-hybridized carbons (Fsp3) is 0.462. The molecule has 1 aliphatic rings. The molecule has 21 heavy (non-hydrogen) atoms. The highest BCUT2D eigenvalue weighted by Gasteiger charge is 2.33. The Bertz CT molecular complexity index is 596. The van der Waals surface area contributed by atoms with Crippen molar-refractivity contribution in [3.8, 4) is 0 Å². The summed E-state index contributed by atoms with van der Waals surface area (Å²) in [5.41, 5.74) is -0.139. The van der Waals surface area contributed by atoms with Gasteiger partial charge in [-0.1, -0.05) is 11.6 Å². The lowest BCUT2D eigenvalue weighted by Gasteiger charge is -2.37. The molecule has 2 atom stereocenters. The van der Waals surface area contributed by atoms with Gasteiger partial charge >= 0.3 is 5.97 Å². The van der Waals surface area contributed by atoms with Crippen molar-refractivity contribution in [3.05, 3.63) is 33.1 Å². The zero-order chi connectivity index (χ0) is 15.7. The van der Waals surface area contributed by atoms with Crippen LogP contribution >= 0.6 is 11.6 Å². The molecule has 1 heterocycles. The van der Waals surface area contributed by atoms with Crippen LogP contribution in [-0.2, 0) is 4.79 Å². The van der Waals surface area contributed by atoms with Gasteiger partial charge in [-0.05, 0) is 25.8 Å². The van der Waals surface area contributed by atoms with Crippen LogP contribution in [0.1, 0.15) is 19.8 Å². The summed E-state index contributed by atoms with van der Waals surface area (Å²) in [4.78, 5) is 23.2. The fourth-order valence-corrected chi connectivity index (χ4v) is 2.81. The molecule has 0 saturated carbocycles. The molecular formula is C13H14ClFN2O4. The van der Waals surface area contributed by atoms with E-state index in [1.165, 1.54) is 6.07 Å². The third-order valence-electron chi connectivity index (χ3n) is 3.75. The molecule has 0 amide bonds. The Morgan fingerprint density at radius 2 is 2.24 bits per heavy atom. The number of nitro groups is 1. The van der Waals surface area contributed by atoms with Gasteiger partial charge in [-0.2, -0.15) is 0 Å². The molecule has 1 aromatic rings. The molecule has 1 N–H and O–H groups in total. The lowest BCUT2D eigenvalue weighted by atomic mass is 9.91. The second-order valence-corrected chi connectivity index (χ2v) is 5.52. The van der Waals surface area contributed by atoms with Crippen molar-refractivity contribution in [3.63, 3.8) is 0 Å². The van der Waals surface area contributed by atoms with Gasteiger partial charge in [0.2, 0.25) is 0 Å². The second-order valence-electron chi connectivity index (χ2n) is 5.11. The van der Waals surface area contributed by atoms with Crippen LogP contribution in [0.2, 0.25) is 5.02 Å². The molecule has 0 radical (unpaired) electrons. The summed E-state index contributed by atoms with van der Waals surface area (Å²) in [6, 6.07) is 1.82. The molecule has 2 unspecified atom stereocenters. The maximum atomic E-state index is 13.4. The minimum Gasteiger partial charge on any atom is -0.481 e. The SMILES string of the molecule is CC1CC(C(=O)O)CCN1c1cc(Cl)c(F)cc1[N+](=O)[O-]. The summed E-state index contributed by atoms with van der Waals surface area (Å²) in [7, 11) is 0. The molecular weight excluding hydrogens is 303 g/mol. The van der Waals surface area contributed by atoms with Gasteiger partial charge in [-0.25, -0.2) is 4.39 Å². The number of hydrogen-bond donors (Lipinski definition) is 1. The molecule has 1 aromatic carbocycles. The van der Waals surface area contributed by atoms with Gasteiger partial charge in [0.15, 0.2) is 0 Å². The molecule has 1 saturated heterocycles. The number of hydrogen-bond acceptors (Lipinski definition) is 4. The number of carbonyl (C=O) groups is 1. The highest BCUT2D eigenvalue weighted by molar-refractivity contribution is 6.31. The quantitative estimate of drug-likeness (QED) is 0.684. The minimum atomic E-state index is -0.867. The van der Waals surface area contributed by atoms with E-state index < -0.39 is 22.6 Å². The topological polar surface area (TPSA) is 83.7 Å². The van der Waals surface area contributed by atoms with Gasteiger partial charge in [-0.3, -0.25) is 14.9 Å². The summed E-state index contributed by atoms with van der Waals surface area (Å²) in [6.07, 6.45) is 0.757. The van der Waals surface area contributed by atoms with Crippen molar-refractivity contribution >= 4 is 28.9 Å². The van der Waals surface area contributed by atoms with E-state index in [-0.39, 0.29) is 22.4 Å². The van der Waals surface area contributed by atoms with Crippen LogP contribution < -0.4 is 4.90 Å². The van der Waals surface area contributed by atoms with Gasteiger partial charge in [0.1, 0.15) is 11.5 Å². The van der Waals surface area contributed by atoms with Gasteiger partial charge < -0.3 is 10.0 Å². The monoisotopic (exact) mass is 316 g/mol. The summed E-state index contributed by atoms with van der Waals surface area (Å²) in [5, 5.41) is 19.9. The van der Waals surface area contributed by atoms with Crippen molar-refractivity contribution in [2.24, 2.45) is 5.92 Å².